The van der Waals surface area contributed by atoms with E-state index >= 15 is 0 Å². The van der Waals surface area contributed by atoms with E-state index in [2.05, 4.69) is 5.10 Å². The molecule has 2 N–H and O–H groups in total. The van der Waals surface area contributed by atoms with Crippen LogP contribution in [0.4, 0.5) is 0 Å². The molecular weight excluding hydrogens is 322 g/mol. The normalized spacial score (nSPS) is 20.0. The molecule has 1 amide bonds. The van der Waals surface area contributed by atoms with Crippen LogP contribution in [0, 0.1) is 13.8 Å². The van der Waals surface area contributed by atoms with E-state index in [-0.39, 0.29) is 18.9 Å². The van der Waals surface area contributed by atoms with Gasteiger partial charge in [-0.15, -0.1) is 0 Å². The summed E-state index contributed by atoms with van der Waals surface area (Å²) in [4.78, 5) is 25.1. The van der Waals surface area contributed by atoms with Gasteiger partial charge in [0.2, 0.25) is 0 Å². The number of amides is 1. The molecule has 0 bridgehead atoms. The molecule has 25 heavy (non-hydrogen) atoms. The standard InChI is InChI=1S/C18H21N3O4/c1-11-7-12(2)21(19-11)9-13-3-5-14(6-4-13)17(23)20-10-15(22)8-16(20)18(24)25/h3-7,15-16,22H,8-10H2,1-2H3,(H,24,25). The van der Waals surface area contributed by atoms with Gasteiger partial charge < -0.3 is 15.1 Å². The van der Waals surface area contributed by atoms with Gasteiger partial charge >= 0.3 is 5.97 Å². The third kappa shape index (κ3) is 3.56. The Balaban J connectivity index is 1.74. The van der Waals surface area contributed by atoms with Gasteiger partial charge in [0.25, 0.3) is 5.91 Å². The van der Waals surface area contributed by atoms with Crippen LogP contribution in [-0.4, -0.2) is 55.5 Å². The molecule has 1 fully saturated rings. The summed E-state index contributed by atoms with van der Waals surface area (Å²) in [6, 6.07) is 8.08. The van der Waals surface area contributed by atoms with Crippen molar-refractivity contribution in [3.63, 3.8) is 0 Å². The smallest absolute Gasteiger partial charge is 0.326 e. The highest BCUT2D eigenvalue weighted by atomic mass is 16.4. The summed E-state index contributed by atoms with van der Waals surface area (Å²) in [5.74, 6) is -1.47. The minimum Gasteiger partial charge on any atom is -0.480 e. The average molecular weight is 343 g/mol. The molecule has 1 aliphatic rings. The summed E-state index contributed by atoms with van der Waals surface area (Å²) in [6.07, 6.45) is -0.729. The first-order chi connectivity index (χ1) is 11.8. The summed E-state index contributed by atoms with van der Waals surface area (Å²) in [5, 5.41) is 23.3. The Morgan fingerprint density at radius 1 is 1.24 bits per heavy atom. The number of aryl methyl sites for hydroxylation is 2. The van der Waals surface area contributed by atoms with Gasteiger partial charge in [-0.3, -0.25) is 9.48 Å². The van der Waals surface area contributed by atoms with Gasteiger partial charge in [0, 0.05) is 24.2 Å². The first kappa shape index (κ1) is 17.2. The molecule has 7 heteroatoms. The Hall–Kier alpha value is -2.67. The highest BCUT2D eigenvalue weighted by molar-refractivity contribution is 5.97. The second kappa shape index (κ2) is 6.68. The molecular formula is C18H21N3O4. The second-order valence-electron chi connectivity index (χ2n) is 6.48. The number of nitrogens with zero attached hydrogens (tertiary/aromatic N) is 3. The Morgan fingerprint density at radius 3 is 2.48 bits per heavy atom. The first-order valence-corrected chi connectivity index (χ1v) is 8.17. The van der Waals surface area contributed by atoms with E-state index in [1.54, 1.807) is 12.1 Å². The van der Waals surface area contributed by atoms with Gasteiger partial charge in [0.15, 0.2) is 0 Å². The molecule has 1 saturated heterocycles. The molecule has 0 radical (unpaired) electrons. The van der Waals surface area contributed by atoms with Crippen LogP contribution in [0.1, 0.15) is 33.7 Å². The summed E-state index contributed by atoms with van der Waals surface area (Å²) in [6.45, 7) is 4.58. The van der Waals surface area contributed by atoms with Crippen molar-refractivity contribution < 1.29 is 19.8 Å². The molecule has 0 spiro atoms. The second-order valence-corrected chi connectivity index (χ2v) is 6.48. The van der Waals surface area contributed by atoms with Crippen LogP contribution in [0.15, 0.2) is 30.3 Å². The van der Waals surface area contributed by atoms with Crippen LogP contribution in [0.3, 0.4) is 0 Å². The summed E-state index contributed by atoms with van der Waals surface area (Å²) < 4.78 is 1.89. The zero-order valence-electron chi connectivity index (χ0n) is 14.2. The maximum Gasteiger partial charge on any atom is 0.326 e. The predicted molar refractivity (Wildman–Crippen MR) is 90.3 cm³/mol. The number of carboxylic acid groups (broad SMARTS) is 1. The van der Waals surface area contributed by atoms with E-state index in [4.69, 9.17) is 0 Å². The monoisotopic (exact) mass is 343 g/mol. The number of hydrogen-bond donors (Lipinski definition) is 2. The van der Waals surface area contributed by atoms with Crippen LogP contribution in [-0.2, 0) is 11.3 Å². The minimum absolute atomic E-state index is 0.0450. The molecule has 3 rings (SSSR count). The van der Waals surface area contributed by atoms with Crippen molar-refractivity contribution in [2.45, 2.75) is 39.0 Å². The fourth-order valence-electron chi connectivity index (χ4n) is 3.20. The van der Waals surface area contributed by atoms with E-state index in [1.807, 2.05) is 36.7 Å². The highest BCUT2D eigenvalue weighted by Gasteiger charge is 2.39. The maximum atomic E-state index is 12.6. The predicted octanol–water partition coefficient (Wildman–Crippen LogP) is 1.21. The largest absolute Gasteiger partial charge is 0.480 e. The van der Waals surface area contributed by atoms with E-state index in [0.29, 0.717) is 12.1 Å². The lowest BCUT2D eigenvalue weighted by atomic mass is 10.1. The lowest BCUT2D eigenvalue weighted by molar-refractivity contribution is -0.141. The molecule has 132 valence electrons. The minimum atomic E-state index is -1.09. The van der Waals surface area contributed by atoms with Crippen molar-refractivity contribution in [2.24, 2.45) is 0 Å². The van der Waals surface area contributed by atoms with Crippen LogP contribution >= 0.6 is 0 Å². The van der Waals surface area contributed by atoms with Crippen molar-refractivity contribution >= 4 is 11.9 Å². The lowest BCUT2D eigenvalue weighted by Crippen LogP contribution is -2.40. The van der Waals surface area contributed by atoms with Crippen LogP contribution < -0.4 is 0 Å². The molecule has 2 unspecified atom stereocenters. The van der Waals surface area contributed by atoms with Crippen molar-refractivity contribution in [3.05, 3.63) is 52.8 Å². The van der Waals surface area contributed by atoms with Crippen molar-refractivity contribution in [3.8, 4) is 0 Å². The van der Waals surface area contributed by atoms with Gasteiger partial charge in [-0.1, -0.05) is 12.1 Å². The zero-order valence-corrected chi connectivity index (χ0v) is 14.2. The van der Waals surface area contributed by atoms with Gasteiger partial charge in [-0.2, -0.15) is 5.10 Å². The van der Waals surface area contributed by atoms with Crippen molar-refractivity contribution in [2.75, 3.05) is 6.54 Å². The van der Waals surface area contributed by atoms with Crippen LogP contribution in [0.2, 0.25) is 0 Å². The molecule has 1 aromatic heterocycles. The number of benzene rings is 1. The van der Waals surface area contributed by atoms with Gasteiger partial charge in [0.1, 0.15) is 6.04 Å². The topological polar surface area (TPSA) is 95.7 Å². The molecule has 0 aliphatic carbocycles. The molecule has 1 aromatic carbocycles. The molecule has 1 aliphatic heterocycles. The third-order valence-electron chi connectivity index (χ3n) is 4.46. The van der Waals surface area contributed by atoms with Crippen molar-refractivity contribution in [1.29, 1.82) is 0 Å². The van der Waals surface area contributed by atoms with E-state index in [0.717, 1.165) is 17.0 Å². The van der Waals surface area contributed by atoms with Crippen molar-refractivity contribution in [1.82, 2.24) is 14.7 Å². The lowest BCUT2D eigenvalue weighted by Gasteiger charge is -2.21. The summed E-state index contributed by atoms with van der Waals surface area (Å²) in [7, 11) is 0. The van der Waals surface area contributed by atoms with E-state index < -0.39 is 18.1 Å². The summed E-state index contributed by atoms with van der Waals surface area (Å²) in [5.41, 5.74) is 3.43. The zero-order chi connectivity index (χ0) is 18.1. The quantitative estimate of drug-likeness (QED) is 0.870. The fraction of sp³-hybridized carbons (Fsp3) is 0.389. The van der Waals surface area contributed by atoms with Gasteiger partial charge in [0.05, 0.1) is 18.3 Å². The van der Waals surface area contributed by atoms with Gasteiger partial charge in [-0.25, -0.2) is 4.79 Å². The van der Waals surface area contributed by atoms with Gasteiger partial charge in [-0.05, 0) is 37.6 Å². The van der Waals surface area contributed by atoms with E-state index in [1.165, 1.54) is 4.90 Å². The molecule has 2 aromatic rings. The Labute approximate surface area is 145 Å². The molecule has 2 atom stereocenters. The van der Waals surface area contributed by atoms with Crippen LogP contribution in [0.5, 0.6) is 0 Å². The third-order valence-corrected chi connectivity index (χ3v) is 4.46. The van der Waals surface area contributed by atoms with Crippen LogP contribution in [0.25, 0.3) is 0 Å². The number of carbonyl (C=O) groups excluding carboxylic acids is 1. The first-order valence-electron chi connectivity index (χ1n) is 8.17. The fourth-order valence-corrected chi connectivity index (χ4v) is 3.20. The Kier molecular flexibility index (Phi) is 4.59. The number of aromatic nitrogens is 2. The number of carbonyl (C=O) groups is 2. The Morgan fingerprint density at radius 2 is 1.92 bits per heavy atom. The number of rotatable bonds is 4. The number of aliphatic hydroxyl groups is 1. The SMILES string of the molecule is Cc1cc(C)n(Cc2ccc(C(=O)N3CC(O)CC3C(=O)O)cc2)n1. The number of aliphatic carboxylic acids is 1. The molecule has 2 heterocycles. The Bertz CT molecular complexity index is 797. The molecule has 0 saturated carbocycles. The molecule has 7 nitrogen and oxygen atoms in total. The van der Waals surface area contributed by atoms with E-state index in [9.17, 15) is 19.8 Å². The summed E-state index contributed by atoms with van der Waals surface area (Å²) >= 11 is 0. The number of hydrogen-bond acceptors (Lipinski definition) is 4. The number of β-amino-alcohol motifs (C(OH)–C–C–N with tert-alkyl or cyclic N) is 1. The highest BCUT2D eigenvalue weighted by Crippen LogP contribution is 2.21. The number of aliphatic hydroxyl groups excluding tert-OH is 1. The maximum absolute atomic E-state index is 12.6. The number of likely N-dealkylation sites (tertiary alicyclic amines) is 1. The average Bonchev–Trinajstić information content (AvgIpc) is 3.10. The number of carboxylic acids is 1.